The maximum absolute atomic E-state index is 12.7. The third-order valence-electron chi connectivity index (χ3n) is 3.95. The number of nitrogens with zero attached hydrogens (tertiary/aromatic N) is 2. The van der Waals surface area contributed by atoms with Crippen LogP contribution in [0.25, 0.3) is 0 Å². The Morgan fingerprint density at radius 2 is 1.88 bits per heavy atom. The van der Waals surface area contributed by atoms with Crippen molar-refractivity contribution in [2.75, 3.05) is 5.32 Å². The van der Waals surface area contributed by atoms with Gasteiger partial charge in [0.25, 0.3) is 5.91 Å². The number of rotatable bonds is 3. The van der Waals surface area contributed by atoms with Gasteiger partial charge in [0.15, 0.2) is 5.71 Å². The van der Waals surface area contributed by atoms with E-state index in [9.17, 15) is 10.0 Å². The lowest BCUT2D eigenvalue weighted by atomic mass is 9.85. The van der Waals surface area contributed by atoms with Gasteiger partial charge in [-0.2, -0.15) is 0 Å². The second-order valence-electron chi connectivity index (χ2n) is 6.52. The first-order chi connectivity index (χ1) is 11.9. The number of amides is 1. The quantitative estimate of drug-likeness (QED) is 0.464. The van der Waals surface area contributed by atoms with Gasteiger partial charge in [0, 0.05) is 15.7 Å². The third kappa shape index (κ3) is 3.79. The molecule has 2 aromatic rings. The Morgan fingerprint density at radius 1 is 1.20 bits per heavy atom. The van der Waals surface area contributed by atoms with Crippen LogP contribution in [0.2, 0.25) is 0 Å². The van der Waals surface area contributed by atoms with Gasteiger partial charge in [-0.15, -0.1) is 0 Å². The molecule has 0 aromatic heterocycles. The summed E-state index contributed by atoms with van der Waals surface area (Å²) >= 11 is 3.35. The molecular formula is C19H18BrN3O2. The van der Waals surface area contributed by atoms with Gasteiger partial charge in [0.2, 0.25) is 0 Å². The molecule has 128 valence electrons. The van der Waals surface area contributed by atoms with Crippen LogP contribution in [0, 0.1) is 0 Å². The molecule has 1 amide bonds. The average Bonchev–Trinajstić information content (AvgIpc) is 2.56. The minimum absolute atomic E-state index is 0.0943. The molecule has 0 unspecified atom stereocenters. The molecule has 5 nitrogen and oxygen atoms in total. The van der Waals surface area contributed by atoms with Gasteiger partial charge in [0.05, 0.1) is 5.54 Å². The molecule has 2 N–H and O–H groups in total. The number of carbonyl (C=O) groups excluding carboxylic acids is 1. The van der Waals surface area contributed by atoms with E-state index in [1.54, 1.807) is 12.1 Å². The van der Waals surface area contributed by atoms with Crippen LogP contribution in [0.3, 0.4) is 0 Å². The van der Waals surface area contributed by atoms with Crippen molar-refractivity contribution in [2.45, 2.75) is 25.8 Å². The molecule has 6 heteroatoms. The zero-order valence-corrected chi connectivity index (χ0v) is 15.5. The van der Waals surface area contributed by atoms with Gasteiger partial charge < -0.3 is 10.5 Å². The summed E-state index contributed by atoms with van der Waals surface area (Å²) in [5, 5.41) is 15.5. The molecule has 0 saturated carbocycles. The molecule has 1 aliphatic rings. The molecule has 1 heterocycles. The molecule has 0 radical (unpaired) electrons. The number of hydrogen-bond donors (Lipinski definition) is 2. The highest BCUT2D eigenvalue weighted by Crippen LogP contribution is 2.27. The molecule has 0 saturated heterocycles. The largest absolute Gasteiger partial charge is 0.410 e. The lowest BCUT2D eigenvalue weighted by molar-refractivity contribution is -0.110. The molecule has 0 bridgehead atoms. The Labute approximate surface area is 154 Å². The predicted molar refractivity (Wildman–Crippen MR) is 103 cm³/mol. The average molecular weight is 400 g/mol. The minimum Gasteiger partial charge on any atom is -0.410 e. The summed E-state index contributed by atoms with van der Waals surface area (Å²) in [6.45, 7) is 3.98. The Balaban J connectivity index is 1.95. The molecule has 0 aliphatic carbocycles. The van der Waals surface area contributed by atoms with Crippen LogP contribution >= 0.6 is 15.9 Å². The number of oxime groups is 1. The molecule has 1 aliphatic heterocycles. The van der Waals surface area contributed by atoms with E-state index in [0.29, 0.717) is 11.4 Å². The Hall–Kier alpha value is -2.47. The molecule has 3 rings (SSSR count). The fourth-order valence-electron chi connectivity index (χ4n) is 2.88. The van der Waals surface area contributed by atoms with E-state index in [2.05, 4.69) is 31.4 Å². The maximum atomic E-state index is 12.7. The third-order valence-corrected chi connectivity index (χ3v) is 4.48. The van der Waals surface area contributed by atoms with Gasteiger partial charge in [-0.1, -0.05) is 45.4 Å². The summed E-state index contributed by atoms with van der Waals surface area (Å²) in [4.78, 5) is 17.3. The summed E-state index contributed by atoms with van der Waals surface area (Å²) in [6, 6.07) is 14.9. The highest BCUT2D eigenvalue weighted by Gasteiger charge is 2.31. The maximum Gasteiger partial charge on any atom is 0.279 e. The van der Waals surface area contributed by atoms with Crippen molar-refractivity contribution in [1.29, 1.82) is 0 Å². The summed E-state index contributed by atoms with van der Waals surface area (Å²) < 4.78 is 0.911. The van der Waals surface area contributed by atoms with E-state index >= 15 is 0 Å². The zero-order chi connectivity index (χ0) is 18.0. The van der Waals surface area contributed by atoms with E-state index in [1.165, 1.54) is 0 Å². The van der Waals surface area contributed by atoms with Crippen molar-refractivity contribution in [3.05, 3.63) is 64.1 Å². The molecular weight excluding hydrogens is 382 g/mol. The van der Waals surface area contributed by atoms with Crippen molar-refractivity contribution in [3.8, 4) is 0 Å². The number of fused-ring (bicyclic) bond motifs is 1. The molecule has 25 heavy (non-hydrogen) atoms. The highest BCUT2D eigenvalue weighted by atomic mass is 79.9. The molecule has 0 atom stereocenters. The van der Waals surface area contributed by atoms with Crippen molar-refractivity contribution >= 4 is 38.9 Å². The molecule has 2 aromatic carbocycles. The van der Waals surface area contributed by atoms with Crippen molar-refractivity contribution in [1.82, 2.24) is 0 Å². The number of benzene rings is 2. The van der Waals surface area contributed by atoms with Crippen molar-refractivity contribution in [2.24, 2.45) is 10.1 Å². The summed E-state index contributed by atoms with van der Waals surface area (Å²) in [5.41, 5.74) is 2.44. The Bertz CT molecular complexity index is 870. The topological polar surface area (TPSA) is 74.1 Å². The van der Waals surface area contributed by atoms with E-state index in [4.69, 9.17) is 0 Å². The smallest absolute Gasteiger partial charge is 0.279 e. The van der Waals surface area contributed by atoms with Gasteiger partial charge in [-0.3, -0.25) is 9.79 Å². The van der Waals surface area contributed by atoms with E-state index in [1.807, 2.05) is 50.2 Å². The van der Waals surface area contributed by atoms with Gasteiger partial charge >= 0.3 is 0 Å². The molecule has 0 fully saturated rings. The second kappa shape index (κ2) is 6.80. The standard InChI is InChI=1S/C19H18BrN3O2/c1-19(2)11-12-5-3-4-6-15(12)16(22-19)17(23-25)18(24)21-14-9-7-13(20)8-10-14/h3-10,25H,11H2,1-2H3,(H,21,24)/b23-17+. The second-order valence-corrected chi connectivity index (χ2v) is 7.43. The van der Waals surface area contributed by atoms with E-state index < -0.39 is 5.91 Å². The summed E-state index contributed by atoms with van der Waals surface area (Å²) in [5.74, 6) is -0.504. The van der Waals surface area contributed by atoms with Crippen molar-refractivity contribution < 1.29 is 10.0 Å². The van der Waals surface area contributed by atoms with Crippen LogP contribution in [-0.4, -0.2) is 28.1 Å². The van der Waals surface area contributed by atoms with Crippen LogP contribution in [0.1, 0.15) is 25.0 Å². The van der Waals surface area contributed by atoms with E-state index in [0.717, 1.165) is 22.0 Å². The van der Waals surface area contributed by atoms with Crippen molar-refractivity contribution in [3.63, 3.8) is 0 Å². The van der Waals surface area contributed by atoms with Crippen LogP contribution in [0.15, 0.2) is 63.2 Å². The van der Waals surface area contributed by atoms with Gasteiger partial charge in [0.1, 0.15) is 5.71 Å². The summed E-state index contributed by atoms with van der Waals surface area (Å²) in [7, 11) is 0. The van der Waals surface area contributed by atoms with Gasteiger partial charge in [-0.25, -0.2) is 0 Å². The lowest BCUT2D eigenvalue weighted by Gasteiger charge is -2.28. The van der Waals surface area contributed by atoms with Crippen LogP contribution in [0.5, 0.6) is 0 Å². The zero-order valence-electron chi connectivity index (χ0n) is 14.0. The van der Waals surface area contributed by atoms with Gasteiger partial charge in [-0.05, 0) is 50.1 Å². The Morgan fingerprint density at radius 3 is 2.56 bits per heavy atom. The van der Waals surface area contributed by atoms with Crippen LogP contribution in [0.4, 0.5) is 5.69 Å². The molecule has 0 spiro atoms. The van der Waals surface area contributed by atoms with Crippen LogP contribution < -0.4 is 5.32 Å². The fourth-order valence-corrected chi connectivity index (χ4v) is 3.14. The SMILES string of the molecule is CC1(C)Cc2ccccc2C(/C(=N\O)C(=O)Nc2ccc(Br)cc2)=N1. The summed E-state index contributed by atoms with van der Waals surface area (Å²) in [6.07, 6.45) is 0.764. The first-order valence-electron chi connectivity index (χ1n) is 7.87. The monoisotopic (exact) mass is 399 g/mol. The first kappa shape index (κ1) is 17.4. The first-order valence-corrected chi connectivity index (χ1v) is 8.66. The number of aliphatic imine (C=N–C) groups is 1. The number of halogens is 1. The fraction of sp³-hybridized carbons (Fsp3) is 0.211. The Kier molecular flexibility index (Phi) is 4.72. The number of carbonyl (C=O) groups is 1. The number of hydrogen-bond acceptors (Lipinski definition) is 4. The lowest BCUT2D eigenvalue weighted by Crippen LogP contribution is -2.37. The predicted octanol–water partition coefficient (Wildman–Crippen LogP) is 4.04. The van der Waals surface area contributed by atoms with Crippen LogP contribution in [-0.2, 0) is 11.2 Å². The minimum atomic E-state index is -0.504. The normalized spacial score (nSPS) is 16.0. The highest BCUT2D eigenvalue weighted by molar-refractivity contribution is 9.10. The number of nitrogens with one attached hydrogen (secondary N) is 1. The van der Waals surface area contributed by atoms with E-state index in [-0.39, 0.29) is 11.3 Å². The number of anilines is 1.